The summed E-state index contributed by atoms with van der Waals surface area (Å²) >= 11 is 0. The third kappa shape index (κ3) is 7.60. The summed E-state index contributed by atoms with van der Waals surface area (Å²) in [5.41, 5.74) is 18.7. The summed E-state index contributed by atoms with van der Waals surface area (Å²) in [5.74, 6) is 3.28. The molecule has 0 aliphatic carbocycles. The van der Waals surface area contributed by atoms with Gasteiger partial charge < -0.3 is 19.3 Å². The molecule has 2 heterocycles. The van der Waals surface area contributed by atoms with Crippen LogP contribution in [0.2, 0.25) is 0 Å². The van der Waals surface area contributed by atoms with E-state index in [1.807, 2.05) is 0 Å². The molecular weight excluding hydrogens is 791 g/mol. The van der Waals surface area contributed by atoms with Crippen molar-refractivity contribution >= 4 is 57.2 Å². The summed E-state index contributed by atoms with van der Waals surface area (Å²) in [6.45, 7) is 8.34. The first-order valence-electron chi connectivity index (χ1n) is 22.0. The van der Waals surface area contributed by atoms with E-state index in [1.165, 1.54) is 22.3 Å². The molecule has 0 spiro atoms. The number of rotatable bonds is 8. The number of aryl methyl sites for hydroxylation is 4. The van der Waals surface area contributed by atoms with Crippen molar-refractivity contribution in [2.75, 3.05) is 9.80 Å². The number of fused-ring (bicyclic) bond motifs is 4. The lowest BCUT2D eigenvalue weighted by molar-refractivity contribution is 0.467. The van der Waals surface area contributed by atoms with E-state index >= 15 is 0 Å². The Hall–Kier alpha value is -8.20. The Bertz CT molecular complexity index is 2880. The van der Waals surface area contributed by atoms with E-state index < -0.39 is 0 Å². The second kappa shape index (κ2) is 17.2. The van der Waals surface area contributed by atoms with Gasteiger partial charge in [-0.2, -0.15) is 0 Å². The van der Waals surface area contributed by atoms with Crippen molar-refractivity contribution < 1.29 is 9.47 Å². The first-order chi connectivity index (χ1) is 31.9. The van der Waals surface area contributed by atoms with Crippen molar-refractivity contribution in [3.63, 3.8) is 0 Å². The maximum atomic E-state index is 7.30. The van der Waals surface area contributed by atoms with Crippen LogP contribution in [0.3, 0.4) is 0 Å². The zero-order valence-electron chi connectivity index (χ0n) is 37.0. The van der Waals surface area contributed by atoms with Crippen LogP contribution < -0.4 is 35.7 Å². The third-order valence-corrected chi connectivity index (χ3v) is 12.5. The Labute approximate surface area is 383 Å². The summed E-state index contributed by atoms with van der Waals surface area (Å²) < 4.78 is 14.6. The molecule has 312 valence electrons. The number of terminal acetylenes is 1. The van der Waals surface area contributed by atoms with E-state index in [-0.39, 0.29) is 6.71 Å². The molecule has 0 saturated carbocycles. The van der Waals surface area contributed by atoms with Gasteiger partial charge in [-0.1, -0.05) is 144 Å². The van der Waals surface area contributed by atoms with Crippen LogP contribution in [0.15, 0.2) is 200 Å². The lowest BCUT2D eigenvalue weighted by Crippen LogP contribution is -2.57. The molecular formula is C60H47BN2O2. The van der Waals surface area contributed by atoms with E-state index in [1.54, 1.807) is 0 Å². The number of anilines is 6. The van der Waals surface area contributed by atoms with E-state index in [4.69, 9.17) is 9.47 Å². The summed E-state index contributed by atoms with van der Waals surface area (Å²) in [7, 11) is 0. The Morgan fingerprint density at radius 2 is 0.662 bits per heavy atom. The van der Waals surface area contributed by atoms with Crippen LogP contribution in [0.1, 0.15) is 22.3 Å². The van der Waals surface area contributed by atoms with Crippen LogP contribution >= 0.6 is 0 Å². The van der Waals surface area contributed by atoms with Gasteiger partial charge in [0, 0.05) is 62.8 Å². The Balaban J connectivity index is 0.00000246. The Morgan fingerprint density at radius 3 is 0.985 bits per heavy atom. The molecule has 0 N–H and O–H groups in total. The largest absolute Gasteiger partial charge is 0.458 e. The third-order valence-electron chi connectivity index (χ3n) is 12.5. The van der Waals surface area contributed by atoms with Gasteiger partial charge in [-0.05, 0) is 116 Å². The molecule has 2 aliphatic heterocycles. The second-order valence-electron chi connectivity index (χ2n) is 16.9. The van der Waals surface area contributed by atoms with E-state index in [2.05, 4.69) is 251 Å². The summed E-state index contributed by atoms with van der Waals surface area (Å²) in [6, 6.07) is 71.8. The number of ether oxygens (including phenoxy) is 2. The topological polar surface area (TPSA) is 24.9 Å². The van der Waals surface area contributed by atoms with Crippen LogP contribution in [0.5, 0.6) is 23.0 Å². The van der Waals surface area contributed by atoms with Gasteiger partial charge in [0.1, 0.15) is 23.0 Å². The molecule has 9 aromatic rings. The van der Waals surface area contributed by atoms with Crippen LogP contribution in [0.25, 0.3) is 22.3 Å². The first kappa shape index (κ1) is 40.9. The molecule has 0 amide bonds. The van der Waals surface area contributed by atoms with Crippen molar-refractivity contribution in [2.24, 2.45) is 0 Å². The molecule has 0 unspecified atom stereocenters. The van der Waals surface area contributed by atoms with Gasteiger partial charge in [0.25, 0.3) is 6.71 Å². The molecule has 0 aromatic heterocycles. The van der Waals surface area contributed by atoms with Crippen molar-refractivity contribution in [3.05, 3.63) is 222 Å². The average Bonchev–Trinajstić information content (AvgIpc) is 3.35. The van der Waals surface area contributed by atoms with Crippen LogP contribution in [0.4, 0.5) is 34.1 Å². The number of hydrogen-bond acceptors (Lipinski definition) is 4. The maximum absolute atomic E-state index is 7.30. The van der Waals surface area contributed by atoms with Crippen molar-refractivity contribution in [3.8, 4) is 58.1 Å². The molecule has 2 aliphatic rings. The van der Waals surface area contributed by atoms with E-state index in [0.717, 1.165) is 95.8 Å². The van der Waals surface area contributed by atoms with Gasteiger partial charge in [-0.3, -0.25) is 0 Å². The highest BCUT2D eigenvalue weighted by Crippen LogP contribution is 2.48. The van der Waals surface area contributed by atoms with Crippen LogP contribution in [0, 0.1) is 40.5 Å². The minimum atomic E-state index is -0.170. The monoisotopic (exact) mass is 838 g/mol. The maximum Gasteiger partial charge on any atom is 0.260 e. The fourth-order valence-corrected chi connectivity index (χ4v) is 9.16. The van der Waals surface area contributed by atoms with Crippen molar-refractivity contribution in [1.29, 1.82) is 0 Å². The normalized spacial score (nSPS) is 11.7. The second-order valence-corrected chi connectivity index (χ2v) is 16.9. The smallest absolute Gasteiger partial charge is 0.260 e. The number of nitrogens with zero attached hydrogens (tertiary/aromatic N) is 2. The Morgan fingerprint density at radius 1 is 0.354 bits per heavy atom. The fourth-order valence-electron chi connectivity index (χ4n) is 9.16. The van der Waals surface area contributed by atoms with Gasteiger partial charge in [0.15, 0.2) is 0 Å². The number of benzene rings is 9. The van der Waals surface area contributed by atoms with Gasteiger partial charge in [0.05, 0.1) is 0 Å². The average molecular weight is 839 g/mol. The molecule has 0 saturated heterocycles. The SMILES string of the molecule is C#C.Cc1ccc(N(c2ccc(C)cc2)c2ccc3c(c2)Oc2c(-c4ccccc4)cc(-c4ccccc4)c4c2B3c2ccc(N(c3ccc(C)cc3)c3ccc(C)cc3)cc2O4)cc1. The molecule has 5 heteroatoms. The molecule has 0 bridgehead atoms. The van der Waals surface area contributed by atoms with Gasteiger partial charge in [-0.15, -0.1) is 12.8 Å². The first-order valence-corrected chi connectivity index (χ1v) is 22.0. The van der Waals surface area contributed by atoms with Crippen molar-refractivity contribution in [2.45, 2.75) is 27.7 Å². The quantitative estimate of drug-likeness (QED) is 0.112. The molecule has 0 atom stereocenters. The predicted molar refractivity (Wildman–Crippen MR) is 273 cm³/mol. The van der Waals surface area contributed by atoms with Crippen LogP contribution in [-0.2, 0) is 0 Å². The zero-order valence-corrected chi connectivity index (χ0v) is 37.0. The lowest BCUT2D eigenvalue weighted by atomic mass is 9.34. The highest BCUT2D eigenvalue weighted by molar-refractivity contribution is 6.98. The van der Waals surface area contributed by atoms with Gasteiger partial charge >= 0.3 is 0 Å². The standard InChI is InChI=1S/C58H45BN2O2.C2H2/c1-38-15-23-44(24-16-38)60(45-25-17-39(2)18-26-45)48-31-33-52-54(35-48)62-57-50(42-11-7-5-8-12-42)37-51(43-13-9-6-10-14-43)58-56(57)59(52)53-34-32-49(36-55(53)63-58)61(46-27-19-40(3)20-28-46)47-29-21-41(4)22-30-47;1-2/h5-37H,1-4H3;1-2H. The molecule has 0 radical (unpaired) electrons. The lowest BCUT2D eigenvalue weighted by Gasteiger charge is -2.37. The molecule has 4 nitrogen and oxygen atoms in total. The van der Waals surface area contributed by atoms with Crippen LogP contribution in [-0.4, -0.2) is 6.71 Å². The minimum absolute atomic E-state index is 0.170. The summed E-state index contributed by atoms with van der Waals surface area (Å²) in [5, 5.41) is 0. The molecule has 65 heavy (non-hydrogen) atoms. The number of hydrogen-bond donors (Lipinski definition) is 0. The predicted octanol–water partition coefficient (Wildman–Crippen LogP) is 14.2. The Kier molecular flexibility index (Phi) is 10.8. The van der Waals surface area contributed by atoms with E-state index in [9.17, 15) is 0 Å². The van der Waals surface area contributed by atoms with Gasteiger partial charge in [0.2, 0.25) is 0 Å². The minimum Gasteiger partial charge on any atom is -0.458 e. The molecule has 0 fully saturated rings. The molecule has 9 aromatic carbocycles. The summed E-state index contributed by atoms with van der Waals surface area (Å²) in [4.78, 5) is 4.63. The van der Waals surface area contributed by atoms with Crippen molar-refractivity contribution in [1.82, 2.24) is 0 Å². The zero-order chi connectivity index (χ0) is 44.6. The van der Waals surface area contributed by atoms with Gasteiger partial charge in [-0.25, -0.2) is 0 Å². The highest BCUT2D eigenvalue weighted by Gasteiger charge is 2.43. The van der Waals surface area contributed by atoms with E-state index in [0.29, 0.717) is 0 Å². The molecule has 11 rings (SSSR count). The summed E-state index contributed by atoms with van der Waals surface area (Å²) in [6.07, 6.45) is 8.00. The highest BCUT2D eigenvalue weighted by atomic mass is 16.5. The fraction of sp³-hybridized carbons (Fsp3) is 0.0667.